The molecule has 0 aliphatic heterocycles. The first-order chi connectivity index (χ1) is 29.3. The Bertz CT molecular complexity index is 3550. The van der Waals surface area contributed by atoms with Crippen LogP contribution in [0, 0.1) is 0 Å². The van der Waals surface area contributed by atoms with Gasteiger partial charge >= 0.3 is 0 Å². The van der Waals surface area contributed by atoms with Crippen LogP contribution < -0.4 is 4.90 Å². The zero-order valence-corrected chi connectivity index (χ0v) is 32.9. The van der Waals surface area contributed by atoms with E-state index in [4.69, 9.17) is 0 Å². The summed E-state index contributed by atoms with van der Waals surface area (Å²) in [6.45, 7) is 0. The lowest BCUT2D eigenvalue weighted by Gasteiger charge is -2.29. The molecule has 0 saturated heterocycles. The van der Waals surface area contributed by atoms with Gasteiger partial charge in [0, 0.05) is 53.1 Å². The summed E-state index contributed by atoms with van der Waals surface area (Å²) < 4.78 is 5.03. The van der Waals surface area contributed by atoms with Crippen molar-refractivity contribution in [2.45, 2.75) is 0 Å². The second kappa shape index (κ2) is 13.6. The standard InChI is InChI=1S/C56H36N2S/c1-2-15-41(16-3-1)57-52-22-10-8-20-47(52)49-36-40(27-32-54(49)57)43-31-33-53(46-19-7-6-18-45(43)46)58(51-23-12-14-38-13-4-5-17-44(38)51)42-29-25-37(26-30-42)39-28-34-56-50(35-39)48-21-9-11-24-55(48)59-56/h1-36H. The number of nitrogens with zero attached hydrogens (tertiary/aromatic N) is 2. The maximum absolute atomic E-state index is 2.45. The lowest BCUT2D eigenvalue weighted by molar-refractivity contribution is 1.18. The van der Waals surface area contributed by atoms with E-state index in [9.17, 15) is 0 Å². The Hall–Kier alpha value is -7.46. The fourth-order valence-electron chi connectivity index (χ4n) is 9.25. The van der Waals surface area contributed by atoms with Crippen LogP contribution in [0.5, 0.6) is 0 Å². The molecule has 0 aliphatic rings. The van der Waals surface area contributed by atoms with Gasteiger partial charge in [-0.05, 0) is 106 Å². The van der Waals surface area contributed by atoms with E-state index in [0.717, 1.165) is 17.1 Å². The van der Waals surface area contributed by atoms with Crippen LogP contribution >= 0.6 is 11.3 Å². The molecule has 0 spiro atoms. The first kappa shape index (κ1) is 33.7. The van der Waals surface area contributed by atoms with E-state index < -0.39 is 0 Å². The van der Waals surface area contributed by atoms with Crippen molar-refractivity contribution in [1.82, 2.24) is 4.57 Å². The average molecular weight is 769 g/mol. The summed E-state index contributed by atoms with van der Waals surface area (Å²) in [5.41, 5.74) is 11.8. The molecule has 0 unspecified atom stereocenters. The van der Waals surface area contributed by atoms with Gasteiger partial charge < -0.3 is 9.47 Å². The lowest BCUT2D eigenvalue weighted by atomic mass is 9.95. The molecule has 2 heterocycles. The van der Waals surface area contributed by atoms with E-state index in [0.29, 0.717) is 0 Å². The van der Waals surface area contributed by atoms with Crippen LogP contribution in [0.15, 0.2) is 218 Å². The maximum atomic E-state index is 2.45. The van der Waals surface area contributed by atoms with Gasteiger partial charge in [0.15, 0.2) is 0 Å². The summed E-state index contributed by atoms with van der Waals surface area (Å²) in [6, 6.07) is 80.0. The normalized spacial score (nSPS) is 11.7. The zero-order chi connectivity index (χ0) is 38.9. The Balaban J connectivity index is 1.02. The largest absolute Gasteiger partial charge is 0.309 e. The molecule has 3 heteroatoms. The minimum atomic E-state index is 1.11. The number of hydrogen-bond donors (Lipinski definition) is 0. The second-order valence-electron chi connectivity index (χ2n) is 15.3. The fraction of sp³-hybridized carbons (Fsp3) is 0. The highest BCUT2D eigenvalue weighted by molar-refractivity contribution is 7.25. The molecule has 12 rings (SSSR count). The molecular weight excluding hydrogens is 733 g/mol. The SMILES string of the molecule is c1ccc(-n2c3ccccc3c3cc(-c4ccc(N(c5ccc(-c6ccc7sc8ccccc8c7c6)cc5)c5cccc6ccccc56)c5ccccc45)ccc32)cc1. The van der Waals surface area contributed by atoms with Gasteiger partial charge in [0.2, 0.25) is 0 Å². The van der Waals surface area contributed by atoms with Crippen LogP contribution in [0.25, 0.3) is 91.5 Å². The van der Waals surface area contributed by atoms with Crippen molar-refractivity contribution in [2.24, 2.45) is 0 Å². The van der Waals surface area contributed by atoms with Crippen molar-refractivity contribution in [2.75, 3.05) is 4.90 Å². The number of hydrogen-bond acceptors (Lipinski definition) is 2. The number of benzene rings is 10. The topological polar surface area (TPSA) is 8.17 Å². The number of aromatic nitrogens is 1. The third-order valence-electron chi connectivity index (χ3n) is 12.0. The third-order valence-corrected chi connectivity index (χ3v) is 13.1. The van der Waals surface area contributed by atoms with Crippen LogP contribution in [0.3, 0.4) is 0 Å². The van der Waals surface area contributed by atoms with E-state index >= 15 is 0 Å². The van der Waals surface area contributed by atoms with E-state index in [1.807, 2.05) is 11.3 Å². The third kappa shape index (κ3) is 5.47. The molecule has 0 fully saturated rings. The second-order valence-corrected chi connectivity index (χ2v) is 16.4. The minimum absolute atomic E-state index is 1.11. The van der Waals surface area contributed by atoms with Crippen molar-refractivity contribution in [3.05, 3.63) is 218 Å². The van der Waals surface area contributed by atoms with E-state index in [2.05, 4.69) is 228 Å². The predicted octanol–water partition coefficient (Wildman–Crippen LogP) is 16.3. The molecule has 12 aromatic rings. The highest BCUT2D eigenvalue weighted by Gasteiger charge is 2.20. The number of para-hydroxylation sites is 2. The highest BCUT2D eigenvalue weighted by Crippen LogP contribution is 2.46. The van der Waals surface area contributed by atoms with Crippen molar-refractivity contribution in [3.8, 4) is 27.9 Å². The van der Waals surface area contributed by atoms with Crippen LogP contribution in [-0.2, 0) is 0 Å². The Morgan fingerprint density at radius 1 is 0.339 bits per heavy atom. The van der Waals surface area contributed by atoms with Gasteiger partial charge in [-0.15, -0.1) is 11.3 Å². The van der Waals surface area contributed by atoms with Crippen LogP contribution in [-0.4, -0.2) is 4.57 Å². The first-order valence-corrected chi connectivity index (χ1v) is 21.0. The molecule has 0 aliphatic carbocycles. The Morgan fingerprint density at radius 2 is 0.949 bits per heavy atom. The maximum Gasteiger partial charge on any atom is 0.0541 e. The molecule has 2 aromatic heterocycles. The van der Waals surface area contributed by atoms with Crippen LogP contribution in [0.4, 0.5) is 17.1 Å². The summed E-state index contributed by atoms with van der Waals surface area (Å²) in [5, 5.41) is 9.98. The zero-order valence-electron chi connectivity index (χ0n) is 32.1. The average Bonchev–Trinajstić information content (AvgIpc) is 3.85. The molecular formula is C56H36N2S. The Morgan fingerprint density at radius 3 is 1.81 bits per heavy atom. The highest BCUT2D eigenvalue weighted by atomic mass is 32.1. The smallest absolute Gasteiger partial charge is 0.0541 e. The number of fused-ring (bicyclic) bond motifs is 8. The van der Waals surface area contributed by atoms with E-state index in [1.165, 1.54) is 91.5 Å². The summed E-state index contributed by atoms with van der Waals surface area (Å²) >= 11 is 1.86. The first-order valence-electron chi connectivity index (χ1n) is 20.2. The molecule has 0 saturated carbocycles. The summed E-state index contributed by atoms with van der Waals surface area (Å²) in [4.78, 5) is 2.45. The van der Waals surface area contributed by atoms with Gasteiger partial charge in [0.1, 0.15) is 0 Å². The molecule has 0 N–H and O–H groups in total. The molecule has 0 bridgehead atoms. The summed E-state index contributed by atoms with van der Waals surface area (Å²) in [7, 11) is 0. The molecule has 0 radical (unpaired) electrons. The monoisotopic (exact) mass is 768 g/mol. The molecule has 10 aromatic carbocycles. The number of thiophene rings is 1. The van der Waals surface area contributed by atoms with Crippen LogP contribution in [0.1, 0.15) is 0 Å². The van der Waals surface area contributed by atoms with Crippen molar-refractivity contribution in [3.63, 3.8) is 0 Å². The van der Waals surface area contributed by atoms with Gasteiger partial charge in [-0.2, -0.15) is 0 Å². The Kier molecular flexibility index (Phi) is 7.75. The number of anilines is 3. The molecule has 59 heavy (non-hydrogen) atoms. The van der Waals surface area contributed by atoms with Gasteiger partial charge in [0.25, 0.3) is 0 Å². The summed E-state index contributed by atoms with van der Waals surface area (Å²) in [5.74, 6) is 0. The lowest BCUT2D eigenvalue weighted by Crippen LogP contribution is -2.11. The van der Waals surface area contributed by atoms with Crippen molar-refractivity contribution >= 4 is 91.9 Å². The fourth-order valence-corrected chi connectivity index (χ4v) is 10.3. The molecule has 2 nitrogen and oxygen atoms in total. The van der Waals surface area contributed by atoms with E-state index in [1.54, 1.807) is 0 Å². The molecule has 0 atom stereocenters. The van der Waals surface area contributed by atoms with Crippen molar-refractivity contribution < 1.29 is 0 Å². The van der Waals surface area contributed by atoms with Gasteiger partial charge in [-0.1, -0.05) is 146 Å². The molecule has 0 amide bonds. The van der Waals surface area contributed by atoms with Gasteiger partial charge in [0.05, 0.1) is 22.4 Å². The predicted molar refractivity (Wildman–Crippen MR) is 254 cm³/mol. The van der Waals surface area contributed by atoms with Gasteiger partial charge in [-0.25, -0.2) is 0 Å². The molecule has 276 valence electrons. The van der Waals surface area contributed by atoms with Gasteiger partial charge in [-0.3, -0.25) is 0 Å². The quantitative estimate of drug-likeness (QED) is 0.164. The minimum Gasteiger partial charge on any atom is -0.309 e. The number of rotatable bonds is 6. The Labute approximate surface area is 346 Å². The van der Waals surface area contributed by atoms with Crippen molar-refractivity contribution in [1.29, 1.82) is 0 Å². The van der Waals surface area contributed by atoms with Crippen LogP contribution in [0.2, 0.25) is 0 Å². The summed E-state index contributed by atoms with van der Waals surface area (Å²) in [6.07, 6.45) is 0. The van der Waals surface area contributed by atoms with E-state index in [-0.39, 0.29) is 0 Å².